The average molecular weight is 303 g/mol. The Labute approximate surface area is 122 Å². The highest BCUT2D eigenvalue weighted by atomic mass is 19.4. The molecule has 0 bridgehead atoms. The van der Waals surface area contributed by atoms with Gasteiger partial charge < -0.3 is 5.32 Å². The SMILES string of the molecule is CNC(c1cc(C)cc(F)c1)C1CCCCC1C(F)(F)F. The van der Waals surface area contributed by atoms with E-state index in [0.717, 1.165) is 12.0 Å². The second-order valence-corrected chi connectivity index (χ2v) is 5.92. The van der Waals surface area contributed by atoms with Crippen LogP contribution in [-0.2, 0) is 0 Å². The molecule has 0 amide bonds. The Morgan fingerprint density at radius 2 is 1.81 bits per heavy atom. The zero-order valence-corrected chi connectivity index (χ0v) is 12.3. The van der Waals surface area contributed by atoms with E-state index in [2.05, 4.69) is 5.32 Å². The number of aryl methyl sites for hydroxylation is 1. The highest BCUT2D eigenvalue weighted by Crippen LogP contribution is 2.46. The van der Waals surface area contributed by atoms with E-state index in [1.807, 2.05) is 0 Å². The molecule has 21 heavy (non-hydrogen) atoms. The molecule has 0 spiro atoms. The number of nitrogens with one attached hydrogen (secondary N) is 1. The van der Waals surface area contributed by atoms with E-state index in [9.17, 15) is 17.6 Å². The van der Waals surface area contributed by atoms with Gasteiger partial charge in [-0.25, -0.2) is 4.39 Å². The Kier molecular flexibility index (Phi) is 4.91. The molecule has 1 saturated carbocycles. The van der Waals surface area contributed by atoms with Gasteiger partial charge in [0, 0.05) is 6.04 Å². The molecule has 118 valence electrons. The maximum absolute atomic E-state index is 13.6. The standard InChI is InChI=1S/C16H21F4N/c1-10-7-11(9-12(17)8-10)15(21-2)13-5-3-4-6-14(13)16(18,19)20/h7-9,13-15,21H,3-6H2,1-2H3. The molecule has 1 N–H and O–H groups in total. The summed E-state index contributed by atoms with van der Waals surface area (Å²) in [4.78, 5) is 0. The first-order valence-corrected chi connectivity index (χ1v) is 7.34. The van der Waals surface area contributed by atoms with Gasteiger partial charge >= 0.3 is 6.18 Å². The summed E-state index contributed by atoms with van der Waals surface area (Å²) < 4.78 is 53.4. The first kappa shape index (κ1) is 16.3. The number of rotatable bonds is 3. The summed E-state index contributed by atoms with van der Waals surface area (Å²) in [5, 5.41) is 2.98. The predicted molar refractivity (Wildman–Crippen MR) is 74.4 cm³/mol. The second-order valence-electron chi connectivity index (χ2n) is 5.92. The van der Waals surface area contributed by atoms with Gasteiger partial charge in [0.25, 0.3) is 0 Å². The van der Waals surface area contributed by atoms with Crippen LogP contribution in [0.5, 0.6) is 0 Å². The molecule has 0 radical (unpaired) electrons. The van der Waals surface area contributed by atoms with Gasteiger partial charge in [-0.2, -0.15) is 13.2 Å². The molecule has 1 aliphatic rings. The third-order valence-corrected chi connectivity index (χ3v) is 4.40. The van der Waals surface area contributed by atoms with Gasteiger partial charge in [0.15, 0.2) is 0 Å². The van der Waals surface area contributed by atoms with Crippen molar-refractivity contribution in [3.05, 3.63) is 35.1 Å². The normalized spacial score (nSPS) is 24.9. The van der Waals surface area contributed by atoms with Crippen LogP contribution >= 0.6 is 0 Å². The van der Waals surface area contributed by atoms with Crippen molar-refractivity contribution < 1.29 is 17.6 Å². The lowest BCUT2D eigenvalue weighted by atomic mass is 9.73. The summed E-state index contributed by atoms with van der Waals surface area (Å²) in [6, 6.07) is 4.03. The molecule has 1 nitrogen and oxygen atoms in total. The summed E-state index contributed by atoms with van der Waals surface area (Å²) in [6.07, 6.45) is -2.10. The molecule has 5 heteroatoms. The van der Waals surface area contributed by atoms with E-state index in [4.69, 9.17) is 0 Å². The molecule has 0 heterocycles. The molecular weight excluding hydrogens is 282 g/mol. The lowest BCUT2D eigenvalue weighted by Crippen LogP contribution is -2.40. The van der Waals surface area contributed by atoms with Crippen LogP contribution < -0.4 is 5.32 Å². The quantitative estimate of drug-likeness (QED) is 0.794. The fourth-order valence-electron chi connectivity index (χ4n) is 3.54. The molecule has 0 saturated heterocycles. The first-order chi connectivity index (χ1) is 9.82. The molecule has 2 rings (SSSR count). The monoisotopic (exact) mass is 303 g/mol. The third kappa shape index (κ3) is 3.76. The molecule has 1 fully saturated rings. The highest BCUT2D eigenvalue weighted by Gasteiger charge is 2.47. The summed E-state index contributed by atoms with van der Waals surface area (Å²) >= 11 is 0. The number of halogens is 4. The fraction of sp³-hybridized carbons (Fsp3) is 0.625. The number of benzene rings is 1. The molecule has 0 aliphatic heterocycles. The zero-order chi connectivity index (χ0) is 15.6. The lowest BCUT2D eigenvalue weighted by Gasteiger charge is -2.38. The average Bonchev–Trinajstić information content (AvgIpc) is 2.38. The molecular formula is C16H21F4N. The largest absolute Gasteiger partial charge is 0.392 e. The molecule has 0 aromatic heterocycles. The lowest BCUT2D eigenvalue weighted by molar-refractivity contribution is -0.199. The van der Waals surface area contributed by atoms with Crippen molar-refractivity contribution in [3.63, 3.8) is 0 Å². The van der Waals surface area contributed by atoms with E-state index in [1.165, 1.54) is 12.1 Å². The predicted octanol–water partition coefficient (Wildman–Crippen LogP) is 4.76. The van der Waals surface area contributed by atoms with E-state index in [0.29, 0.717) is 18.4 Å². The van der Waals surface area contributed by atoms with Crippen LogP contribution in [0.25, 0.3) is 0 Å². The van der Waals surface area contributed by atoms with Gasteiger partial charge in [-0.05, 0) is 56.0 Å². The van der Waals surface area contributed by atoms with Gasteiger partial charge in [-0.15, -0.1) is 0 Å². The fourth-order valence-corrected chi connectivity index (χ4v) is 3.54. The number of hydrogen-bond donors (Lipinski definition) is 1. The Morgan fingerprint density at radius 3 is 2.38 bits per heavy atom. The minimum absolute atomic E-state index is 0.167. The van der Waals surface area contributed by atoms with Gasteiger partial charge in [-0.3, -0.25) is 0 Å². The molecule has 1 aromatic rings. The number of hydrogen-bond acceptors (Lipinski definition) is 1. The van der Waals surface area contributed by atoms with Crippen LogP contribution in [-0.4, -0.2) is 13.2 Å². The van der Waals surface area contributed by atoms with Gasteiger partial charge in [-0.1, -0.05) is 18.9 Å². The van der Waals surface area contributed by atoms with Crippen LogP contribution in [0.4, 0.5) is 17.6 Å². The molecule has 1 aromatic carbocycles. The zero-order valence-electron chi connectivity index (χ0n) is 12.3. The Balaban J connectivity index is 2.34. The minimum atomic E-state index is -4.19. The highest BCUT2D eigenvalue weighted by molar-refractivity contribution is 5.27. The van der Waals surface area contributed by atoms with E-state index in [-0.39, 0.29) is 6.42 Å². The molecule has 1 aliphatic carbocycles. The van der Waals surface area contributed by atoms with Crippen molar-refractivity contribution in [1.82, 2.24) is 5.32 Å². The van der Waals surface area contributed by atoms with Crippen LogP contribution in [0.3, 0.4) is 0 Å². The van der Waals surface area contributed by atoms with Gasteiger partial charge in [0.1, 0.15) is 5.82 Å². The summed E-state index contributed by atoms with van der Waals surface area (Å²) in [5.41, 5.74) is 1.33. The van der Waals surface area contributed by atoms with Crippen LogP contribution in [0.2, 0.25) is 0 Å². The molecule has 3 atom stereocenters. The Morgan fingerprint density at radius 1 is 1.14 bits per heavy atom. The Bertz CT molecular complexity index is 463. The topological polar surface area (TPSA) is 12.0 Å². The third-order valence-electron chi connectivity index (χ3n) is 4.40. The number of alkyl halides is 3. The van der Waals surface area contributed by atoms with Crippen molar-refractivity contribution >= 4 is 0 Å². The first-order valence-electron chi connectivity index (χ1n) is 7.34. The van der Waals surface area contributed by atoms with E-state index >= 15 is 0 Å². The summed E-state index contributed by atoms with van der Waals surface area (Å²) in [7, 11) is 1.65. The minimum Gasteiger partial charge on any atom is -0.313 e. The maximum Gasteiger partial charge on any atom is 0.392 e. The van der Waals surface area contributed by atoms with Crippen LogP contribution in [0.15, 0.2) is 18.2 Å². The Hall–Kier alpha value is -1.10. The smallest absolute Gasteiger partial charge is 0.313 e. The van der Waals surface area contributed by atoms with Gasteiger partial charge in [0.2, 0.25) is 0 Å². The van der Waals surface area contributed by atoms with Crippen LogP contribution in [0, 0.1) is 24.6 Å². The summed E-state index contributed by atoms with van der Waals surface area (Å²) in [5.74, 6) is -2.25. The second kappa shape index (κ2) is 6.34. The molecule has 3 unspecified atom stereocenters. The van der Waals surface area contributed by atoms with Crippen molar-refractivity contribution in [2.45, 2.75) is 44.8 Å². The van der Waals surface area contributed by atoms with Crippen molar-refractivity contribution in [2.24, 2.45) is 11.8 Å². The van der Waals surface area contributed by atoms with E-state index in [1.54, 1.807) is 20.0 Å². The summed E-state index contributed by atoms with van der Waals surface area (Å²) in [6.45, 7) is 1.75. The van der Waals surface area contributed by atoms with E-state index < -0.39 is 29.9 Å². The van der Waals surface area contributed by atoms with Crippen molar-refractivity contribution in [3.8, 4) is 0 Å². The van der Waals surface area contributed by atoms with Crippen molar-refractivity contribution in [1.29, 1.82) is 0 Å². The maximum atomic E-state index is 13.6. The van der Waals surface area contributed by atoms with Gasteiger partial charge in [0.05, 0.1) is 5.92 Å². The van der Waals surface area contributed by atoms with Crippen molar-refractivity contribution in [2.75, 3.05) is 7.05 Å². The van der Waals surface area contributed by atoms with Crippen LogP contribution in [0.1, 0.15) is 42.9 Å².